The fourth-order valence-corrected chi connectivity index (χ4v) is 1.57. The number of halogens is 3. The summed E-state index contributed by atoms with van der Waals surface area (Å²) < 4.78 is 12.1. The molecule has 0 aromatic rings. The van der Waals surface area contributed by atoms with Crippen molar-refractivity contribution < 1.29 is 14.3 Å². The molecule has 0 fully saturated rings. The molecular weight excluding hydrogens is 454 g/mol. The first-order valence-corrected chi connectivity index (χ1v) is 6.29. The van der Waals surface area contributed by atoms with Gasteiger partial charge in [0.1, 0.15) is 0 Å². The molecule has 0 bridgehead atoms. The van der Waals surface area contributed by atoms with Gasteiger partial charge in [0, 0.05) is 3.58 Å². The molecule has 0 rings (SSSR count). The fourth-order valence-electron chi connectivity index (χ4n) is 0.342. The van der Waals surface area contributed by atoms with Gasteiger partial charge in [0.25, 0.3) is 0 Å². The SMILES string of the molecule is CCOC(=O)OC(Br)C(I)=CI. The lowest BCUT2D eigenvalue weighted by atomic mass is 10.7. The molecule has 0 aromatic carbocycles. The average Bonchev–Trinajstić information content (AvgIpc) is 2.03. The van der Waals surface area contributed by atoms with Crippen molar-refractivity contribution in [3.63, 3.8) is 0 Å². The van der Waals surface area contributed by atoms with Gasteiger partial charge in [-0.15, -0.1) is 0 Å². The molecule has 0 aliphatic carbocycles. The van der Waals surface area contributed by atoms with Crippen molar-refractivity contribution in [2.75, 3.05) is 6.61 Å². The zero-order chi connectivity index (χ0) is 9.56. The van der Waals surface area contributed by atoms with Gasteiger partial charge in [-0.3, -0.25) is 0 Å². The molecule has 6 heteroatoms. The van der Waals surface area contributed by atoms with Crippen LogP contribution >= 0.6 is 61.1 Å². The van der Waals surface area contributed by atoms with Crippen molar-refractivity contribution in [3.05, 3.63) is 7.66 Å². The van der Waals surface area contributed by atoms with Crippen LogP contribution in [0.25, 0.3) is 0 Å². The summed E-state index contributed by atoms with van der Waals surface area (Å²) in [4.78, 5) is 10.8. The number of carbonyl (C=O) groups excluding carboxylic acids is 1. The molecule has 0 N–H and O–H groups in total. The summed E-state index contributed by atoms with van der Waals surface area (Å²) in [7, 11) is 0. The molecule has 0 radical (unpaired) electrons. The van der Waals surface area contributed by atoms with E-state index in [9.17, 15) is 4.79 Å². The van der Waals surface area contributed by atoms with Crippen LogP contribution in [0.5, 0.6) is 0 Å². The number of ether oxygens (including phenoxy) is 2. The summed E-state index contributed by atoms with van der Waals surface area (Å²) in [5.74, 6) is 0. The van der Waals surface area contributed by atoms with Gasteiger partial charge in [-0.1, -0.05) is 22.6 Å². The van der Waals surface area contributed by atoms with Crippen LogP contribution in [0.15, 0.2) is 7.66 Å². The first kappa shape index (κ1) is 12.9. The molecule has 0 saturated carbocycles. The highest BCUT2D eigenvalue weighted by Crippen LogP contribution is 2.22. The molecule has 1 atom stereocenters. The van der Waals surface area contributed by atoms with Crippen LogP contribution in [0, 0.1) is 0 Å². The largest absolute Gasteiger partial charge is 0.509 e. The number of hydrogen-bond donors (Lipinski definition) is 0. The van der Waals surface area contributed by atoms with Gasteiger partial charge in [-0.05, 0) is 49.5 Å². The summed E-state index contributed by atoms with van der Waals surface area (Å²) in [6.07, 6.45) is -0.660. The van der Waals surface area contributed by atoms with E-state index in [-0.39, 0.29) is 0 Å². The predicted octanol–water partition coefficient (Wildman–Crippen LogP) is 3.59. The van der Waals surface area contributed by atoms with E-state index < -0.39 is 11.2 Å². The van der Waals surface area contributed by atoms with E-state index in [1.807, 2.05) is 4.08 Å². The smallest absolute Gasteiger partial charge is 0.435 e. The zero-order valence-corrected chi connectivity index (χ0v) is 12.1. The fraction of sp³-hybridized carbons (Fsp3) is 0.500. The van der Waals surface area contributed by atoms with Gasteiger partial charge < -0.3 is 9.47 Å². The monoisotopic (exact) mass is 460 g/mol. The summed E-state index contributed by atoms with van der Waals surface area (Å²) in [6.45, 7) is 2.05. The van der Waals surface area contributed by atoms with Crippen LogP contribution in [0.4, 0.5) is 4.79 Å². The lowest BCUT2D eigenvalue weighted by Gasteiger charge is -2.09. The van der Waals surface area contributed by atoms with E-state index in [0.717, 1.165) is 3.58 Å². The Labute approximate surface area is 107 Å². The summed E-state index contributed by atoms with van der Waals surface area (Å²) in [5.41, 5.74) is 0. The Bertz CT molecular complexity index is 184. The number of alkyl halides is 1. The Kier molecular flexibility index (Phi) is 7.95. The van der Waals surface area contributed by atoms with Crippen molar-refractivity contribution in [1.29, 1.82) is 0 Å². The van der Waals surface area contributed by atoms with Crippen LogP contribution in [0.1, 0.15) is 6.92 Å². The second-order valence-electron chi connectivity index (χ2n) is 1.61. The Morgan fingerprint density at radius 2 is 2.33 bits per heavy atom. The third-order valence-corrected chi connectivity index (χ3v) is 5.06. The third kappa shape index (κ3) is 5.57. The normalized spacial score (nSPS) is 13.8. The van der Waals surface area contributed by atoms with Gasteiger partial charge in [0.15, 0.2) is 5.01 Å². The second kappa shape index (κ2) is 7.36. The molecule has 1 unspecified atom stereocenters. The first-order chi connectivity index (χ1) is 5.61. The molecular formula is C6H7BrI2O3. The van der Waals surface area contributed by atoms with E-state index >= 15 is 0 Å². The summed E-state index contributed by atoms with van der Waals surface area (Å²) in [5, 5.41) is -0.408. The van der Waals surface area contributed by atoms with Crippen LogP contribution in [-0.4, -0.2) is 17.8 Å². The average molecular weight is 461 g/mol. The first-order valence-electron chi connectivity index (χ1n) is 3.05. The molecule has 0 aliphatic heterocycles. The lowest BCUT2D eigenvalue weighted by molar-refractivity contribution is 0.0615. The van der Waals surface area contributed by atoms with Crippen LogP contribution in [0.3, 0.4) is 0 Å². The Balaban J connectivity index is 3.84. The highest BCUT2D eigenvalue weighted by atomic mass is 127. The highest BCUT2D eigenvalue weighted by Gasteiger charge is 2.13. The quantitative estimate of drug-likeness (QED) is 0.367. The Morgan fingerprint density at radius 3 is 2.75 bits per heavy atom. The van der Waals surface area contributed by atoms with E-state index in [0.29, 0.717) is 6.61 Å². The zero-order valence-electron chi connectivity index (χ0n) is 6.22. The summed E-state index contributed by atoms with van der Waals surface area (Å²) in [6, 6.07) is 0. The minimum atomic E-state index is -0.660. The molecule has 3 nitrogen and oxygen atoms in total. The van der Waals surface area contributed by atoms with Crippen molar-refractivity contribution >= 4 is 67.3 Å². The molecule has 0 saturated heterocycles. The minimum Gasteiger partial charge on any atom is -0.435 e. The summed E-state index contributed by atoms with van der Waals surface area (Å²) >= 11 is 7.30. The maximum absolute atomic E-state index is 10.8. The van der Waals surface area contributed by atoms with Crippen molar-refractivity contribution in [2.45, 2.75) is 11.9 Å². The lowest BCUT2D eigenvalue weighted by Crippen LogP contribution is -2.13. The minimum absolute atomic E-state index is 0.323. The van der Waals surface area contributed by atoms with Gasteiger partial charge in [0.2, 0.25) is 0 Å². The predicted molar refractivity (Wildman–Crippen MR) is 66.9 cm³/mol. The number of hydrogen-bond acceptors (Lipinski definition) is 3. The van der Waals surface area contributed by atoms with Gasteiger partial charge in [-0.25, -0.2) is 4.79 Å². The standard InChI is InChI=1S/C6H7BrI2O3/c1-2-11-6(10)12-5(7)4(9)3-8/h3,5H,2H2,1H3. The maximum atomic E-state index is 10.8. The number of carbonyl (C=O) groups is 1. The Hall–Kier alpha value is 0.950. The highest BCUT2D eigenvalue weighted by molar-refractivity contribution is 14.1. The number of rotatable bonds is 3. The Morgan fingerprint density at radius 1 is 1.75 bits per heavy atom. The van der Waals surface area contributed by atoms with Gasteiger partial charge in [-0.2, -0.15) is 0 Å². The van der Waals surface area contributed by atoms with Crippen LogP contribution in [-0.2, 0) is 9.47 Å². The van der Waals surface area contributed by atoms with Crippen molar-refractivity contribution in [2.24, 2.45) is 0 Å². The van der Waals surface area contributed by atoms with Crippen molar-refractivity contribution in [3.8, 4) is 0 Å². The molecule has 12 heavy (non-hydrogen) atoms. The van der Waals surface area contributed by atoms with Gasteiger partial charge in [0.05, 0.1) is 6.61 Å². The molecule has 0 amide bonds. The molecule has 70 valence electrons. The molecule has 0 spiro atoms. The second-order valence-corrected chi connectivity index (χ2v) is 4.31. The van der Waals surface area contributed by atoms with E-state index in [1.54, 1.807) is 6.92 Å². The molecule has 0 heterocycles. The van der Waals surface area contributed by atoms with Gasteiger partial charge >= 0.3 is 6.16 Å². The van der Waals surface area contributed by atoms with E-state index in [4.69, 9.17) is 4.74 Å². The van der Waals surface area contributed by atoms with Crippen LogP contribution in [0.2, 0.25) is 0 Å². The van der Waals surface area contributed by atoms with Crippen LogP contribution < -0.4 is 0 Å². The maximum Gasteiger partial charge on any atom is 0.509 e. The molecule has 0 aromatic heterocycles. The van der Waals surface area contributed by atoms with E-state index in [1.165, 1.54) is 0 Å². The van der Waals surface area contributed by atoms with Crippen molar-refractivity contribution in [1.82, 2.24) is 0 Å². The topological polar surface area (TPSA) is 35.5 Å². The molecule has 0 aliphatic rings. The third-order valence-electron chi connectivity index (χ3n) is 0.783. The van der Waals surface area contributed by atoms with E-state index in [2.05, 4.69) is 65.8 Å².